The van der Waals surface area contributed by atoms with Crippen molar-refractivity contribution >= 4 is 0 Å². The Morgan fingerprint density at radius 1 is 1.07 bits per heavy atom. The van der Waals surface area contributed by atoms with Gasteiger partial charge in [0.1, 0.15) is 0 Å². The Morgan fingerprint density at radius 3 is 2.07 bits per heavy atom. The van der Waals surface area contributed by atoms with Crippen LogP contribution in [0.4, 0.5) is 0 Å². The van der Waals surface area contributed by atoms with Gasteiger partial charge < -0.3 is 4.74 Å². The Balaban J connectivity index is 2.61. The van der Waals surface area contributed by atoms with Crippen molar-refractivity contribution in [1.29, 1.82) is 0 Å². The van der Waals surface area contributed by atoms with Gasteiger partial charge in [-0.2, -0.15) is 0 Å². The van der Waals surface area contributed by atoms with E-state index in [2.05, 4.69) is 46.4 Å². The molecule has 1 saturated heterocycles. The molecule has 0 N–H and O–H groups in total. The van der Waals surface area contributed by atoms with Crippen LogP contribution < -0.4 is 0 Å². The Morgan fingerprint density at radius 2 is 1.64 bits per heavy atom. The van der Waals surface area contributed by atoms with Gasteiger partial charge in [-0.1, -0.05) is 20.8 Å². The Labute approximate surface area is 88.6 Å². The molecule has 14 heavy (non-hydrogen) atoms. The molecule has 0 aromatic carbocycles. The van der Waals surface area contributed by atoms with Crippen LogP contribution in [-0.4, -0.2) is 36.2 Å². The van der Waals surface area contributed by atoms with Gasteiger partial charge >= 0.3 is 0 Å². The number of ether oxygens (including phenoxy) is 1. The molecule has 0 aliphatic carbocycles. The molecule has 1 heterocycles. The maximum absolute atomic E-state index is 5.83. The molecule has 1 aliphatic heterocycles. The fourth-order valence-electron chi connectivity index (χ4n) is 1.78. The average Bonchev–Trinajstić information content (AvgIpc) is 2.01. The summed E-state index contributed by atoms with van der Waals surface area (Å²) < 4.78 is 5.83. The van der Waals surface area contributed by atoms with Gasteiger partial charge in [0.05, 0.1) is 12.7 Å². The van der Waals surface area contributed by atoms with Gasteiger partial charge in [-0.15, -0.1) is 0 Å². The molecule has 0 bridgehead atoms. The molecule has 0 aromatic rings. The van der Waals surface area contributed by atoms with Crippen molar-refractivity contribution in [1.82, 2.24) is 4.90 Å². The smallest absolute Gasteiger partial charge is 0.0750 e. The topological polar surface area (TPSA) is 12.5 Å². The van der Waals surface area contributed by atoms with Crippen molar-refractivity contribution in [2.75, 3.05) is 19.7 Å². The zero-order chi connectivity index (χ0) is 11.0. The summed E-state index contributed by atoms with van der Waals surface area (Å²) in [6.07, 6.45) is 0.371. The van der Waals surface area contributed by atoms with Crippen molar-refractivity contribution in [3.8, 4) is 0 Å². The first-order valence-corrected chi connectivity index (χ1v) is 5.58. The maximum Gasteiger partial charge on any atom is 0.0750 e. The van der Waals surface area contributed by atoms with Crippen LogP contribution in [0.2, 0.25) is 0 Å². The summed E-state index contributed by atoms with van der Waals surface area (Å²) in [6.45, 7) is 16.6. The van der Waals surface area contributed by atoms with E-state index in [-0.39, 0.29) is 11.0 Å². The molecule has 1 atom stereocenters. The van der Waals surface area contributed by atoms with E-state index in [0.29, 0.717) is 6.10 Å². The van der Waals surface area contributed by atoms with E-state index < -0.39 is 0 Å². The van der Waals surface area contributed by atoms with Crippen molar-refractivity contribution in [3.05, 3.63) is 0 Å². The van der Waals surface area contributed by atoms with Crippen LogP contribution in [0.1, 0.15) is 41.5 Å². The minimum atomic E-state index is 0.254. The first kappa shape index (κ1) is 12.0. The van der Waals surface area contributed by atoms with Crippen molar-refractivity contribution < 1.29 is 4.74 Å². The molecule has 0 radical (unpaired) electrons. The minimum absolute atomic E-state index is 0.254. The molecule has 1 rings (SSSR count). The molecule has 2 heteroatoms. The zero-order valence-corrected chi connectivity index (χ0v) is 10.6. The van der Waals surface area contributed by atoms with Crippen LogP contribution in [0.5, 0.6) is 0 Å². The number of hydrogen-bond acceptors (Lipinski definition) is 2. The summed E-state index contributed by atoms with van der Waals surface area (Å²) in [5.41, 5.74) is 0.525. The number of nitrogens with zero attached hydrogens (tertiary/aromatic N) is 1. The van der Waals surface area contributed by atoms with Gasteiger partial charge in [0, 0.05) is 18.6 Å². The lowest BCUT2D eigenvalue weighted by Crippen LogP contribution is -2.54. The molecular formula is C12H25NO. The monoisotopic (exact) mass is 199 g/mol. The highest BCUT2D eigenvalue weighted by molar-refractivity contribution is 4.86. The second-order valence-corrected chi connectivity index (χ2v) is 6.34. The van der Waals surface area contributed by atoms with Gasteiger partial charge in [-0.25, -0.2) is 0 Å². The summed E-state index contributed by atoms with van der Waals surface area (Å²) in [5.74, 6) is 0. The third-order valence-electron chi connectivity index (χ3n) is 2.98. The zero-order valence-electron chi connectivity index (χ0n) is 10.6. The summed E-state index contributed by atoms with van der Waals surface area (Å²) in [6, 6.07) is 0. The fourth-order valence-corrected chi connectivity index (χ4v) is 1.78. The predicted molar refractivity (Wildman–Crippen MR) is 60.5 cm³/mol. The molecule has 0 amide bonds. The summed E-state index contributed by atoms with van der Waals surface area (Å²) >= 11 is 0. The van der Waals surface area contributed by atoms with E-state index >= 15 is 0 Å². The third kappa shape index (κ3) is 2.96. The second-order valence-electron chi connectivity index (χ2n) is 6.34. The lowest BCUT2D eigenvalue weighted by Gasteiger charge is -2.45. The van der Waals surface area contributed by atoms with E-state index in [9.17, 15) is 0 Å². The lowest BCUT2D eigenvalue weighted by atomic mass is 9.87. The summed E-state index contributed by atoms with van der Waals surface area (Å²) in [7, 11) is 0. The molecule has 1 fully saturated rings. The molecule has 1 aliphatic rings. The third-order valence-corrected chi connectivity index (χ3v) is 2.98. The summed E-state index contributed by atoms with van der Waals surface area (Å²) in [4.78, 5) is 2.52. The standard InChI is InChI=1S/C12H25NO/c1-11(2,3)10-9-13(7-8-14-10)12(4,5)6/h10H,7-9H2,1-6H3/t10-/m0/s1. The molecule has 0 saturated carbocycles. The van der Waals surface area contributed by atoms with Crippen LogP contribution in [0.25, 0.3) is 0 Å². The van der Waals surface area contributed by atoms with Crippen LogP contribution in [0.15, 0.2) is 0 Å². The van der Waals surface area contributed by atoms with Crippen molar-refractivity contribution in [2.24, 2.45) is 5.41 Å². The van der Waals surface area contributed by atoms with Crippen molar-refractivity contribution in [3.63, 3.8) is 0 Å². The lowest BCUT2D eigenvalue weighted by molar-refractivity contribution is -0.100. The van der Waals surface area contributed by atoms with Crippen molar-refractivity contribution in [2.45, 2.75) is 53.2 Å². The highest BCUT2D eigenvalue weighted by atomic mass is 16.5. The quantitative estimate of drug-likeness (QED) is 0.594. The Kier molecular flexibility index (Phi) is 3.27. The average molecular weight is 199 g/mol. The van der Waals surface area contributed by atoms with Gasteiger partial charge in [-0.3, -0.25) is 4.90 Å². The summed E-state index contributed by atoms with van der Waals surface area (Å²) in [5, 5.41) is 0. The van der Waals surface area contributed by atoms with Crippen LogP contribution in [0, 0.1) is 5.41 Å². The van der Waals surface area contributed by atoms with Crippen LogP contribution >= 0.6 is 0 Å². The first-order valence-electron chi connectivity index (χ1n) is 5.58. The van der Waals surface area contributed by atoms with E-state index in [4.69, 9.17) is 4.74 Å². The van der Waals surface area contributed by atoms with E-state index in [1.807, 2.05) is 0 Å². The fraction of sp³-hybridized carbons (Fsp3) is 1.00. The predicted octanol–water partition coefficient (Wildman–Crippen LogP) is 2.53. The highest BCUT2D eigenvalue weighted by Crippen LogP contribution is 2.28. The molecule has 0 unspecified atom stereocenters. The number of hydrogen-bond donors (Lipinski definition) is 0. The largest absolute Gasteiger partial charge is 0.375 e. The van der Waals surface area contributed by atoms with E-state index in [0.717, 1.165) is 19.7 Å². The molecule has 2 nitrogen and oxygen atoms in total. The van der Waals surface area contributed by atoms with Crippen LogP contribution in [0.3, 0.4) is 0 Å². The SMILES string of the molecule is CC(C)(C)[C@@H]1CN(C(C)(C)C)CCO1. The highest BCUT2D eigenvalue weighted by Gasteiger charge is 2.34. The minimum Gasteiger partial charge on any atom is -0.375 e. The number of morpholine rings is 1. The normalized spacial score (nSPS) is 26.6. The molecule has 0 spiro atoms. The van der Waals surface area contributed by atoms with E-state index in [1.165, 1.54) is 0 Å². The van der Waals surface area contributed by atoms with Gasteiger partial charge in [0.2, 0.25) is 0 Å². The van der Waals surface area contributed by atoms with Gasteiger partial charge in [0.15, 0.2) is 0 Å². The molecule has 84 valence electrons. The first-order chi connectivity index (χ1) is 6.21. The van der Waals surface area contributed by atoms with Crippen LogP contribution in [-0.2, 0) is 4.74 Å². The van der Waals surface area contributed by atoms with Gasteiger partial charge in [0.25, 0.3) is 0 Å². The maximum atomic E-state index is 5.83. The Hall–Kier alpha value is -0.0800. The van der Waals surface area contributed by atoms with E-state index in [1.54, 1.807) is 0 Å². The van der Waals surface area contributed by atoms with Gasteiger partial charge in [-0.05, 0) is 26.2 Å². The number of rotatable bonds is 0. The Bertz CT molecular complexity index is 167. The molecular weight excluding hydrogens is 174 g/mol. The second kappa shape index (κ2) is 3.82. The molecule has 0 aromatic heterocycles.